The Labute approximate surface area is 196 Å². The fourth-order valence-electron chi connectivity index (χ4n) is 6.40. The van der Waals surface area contributed by atoms with Crippen molar-refractivity contribution in [2.24, 2.45) is 5.92 Å². The summed E-state index contributed by atoms with van der Waals surface area (Å²) in [4.78, 5) is 0. The first-order chi connectivity index (χ1) is 13.0. The van der Waals surface area contributed by atoms with Crippen LogP contribution >= 0.6 is 24.8 Å². The van der Waals surface area contributed by atoms with Gasteiger partial charge in [-0.15, -0.1) is 24.8 Å². The van der Waals surface area contributed by atoms with E-state index in [0.29, 0.717) is 9.54 Å². The summed E-state index contributed by atoms with van der Waals surface area (Å²) in [7, 11) is 0. The van der Waals surface area contributed by atoms with Gasteiger partial charge in [-0.2, -0.15) is 0 Å². The number of rotatable bonds is 3. The Balaban J connectivity index is 0.00000160. The Hall–Kier alpha value is -0.600. The first-order valence-corrected chi connectivity index (χ1v) is 23.8. The zero-order chi connectivity index (χ0) is 20.5. The van der Waals surface area contributed by atoms with E-state index in [0.717, 1.165) is 0 Å². The van der Waals surface area contributed by atoms with Crippen LogP contribution in [-0.2, 0) is 17.4 Å². The van der Waals surface area contributed by atoms with Crippen molar-refractivity contribution in [3.8, 4) is 0 Å². The molecule has 2 aliphatic carbocycles. The van der Waals surface area contributed by atoms with Crippen LogP contribution in [0, 0.1) is 5.92 Å². The van der Waals surface area contributed by atoms with Crippen LogP contribution in [0.5, 0.6) is 0 Å². The van der Waals surface area contributed by atoms with E-state index in [9.17, 15) is 0 Å². The van der Waals surface area contributed by atoms with Crippen molar-refractivity contribution in [3.05, 3.63) is 85.1 Å². The second-order valence-corrected chi connectivity index (χ2v) is 39.4. The van der Waals surface area contributed by atoms with Gasteiger partial charge in [-0.1, -0.05) is 0 Å². The molecule has 30 heavy (non-hydrogen) atoms. The molecule has 0 N–H and O–H groups in total. The minimum Gasteiger partial charge on any atom is -0.147 e. The summed E-state index contributed by atoms with van der Waals surface area (Å²) >= 11 is -3.35. The van der Waals surface area contributed by atoms with E-state index in [1.165, 1.54) is 27.8 Å². The monoisotopic (exact) mass is 538 g/mol. The summed E-state index contributed by atoms with van der Waals surface area (Å²) in [6.07, 6.45) is 3.70. The van der Waals surface area contributed by atoms with E-state index < -0.39 is 17.4 Å². The molecule has 2 aliphatic rings. The largest absolute Gasteiger partial charge is 0.147 e. The summed E-state index contributed by atoms with van der Waals surface area (Å²) < 4.78 is 13.2. The van der Waals surface area contributed by atoms with Crippen LogP contribution in [0.25, 0.3) is 5.57 Å². The maximum absolute atomic E-state index is 5.47. The van der Waals surface area contributed by atoms with Crippen molar-refractivity contribution in [2.75, 3.05) is 0 Å². The number of allylic oxidation sites excluding steroid dienone is 5. The Morgan fingerprint density at radius 2 is 1.53 bits per heavy atom. The summed E-state index contributed by atoms with van der Waals surface area (Å²) in [6.45, 7) is 14.3. The summed E-state index contributed by atoms with van der Waals surface area (Å²) in [5, 5.41) is 0. The zero-order valence-electron chi connectivity index (χ0n) is 19.1. The quantitative estimate of drug-likeness (QED) is 0.366. The second kappa shape index (κ2) is 8.39. The molecule has 1 nitrogen and oxygen atoms in total. The minimum atomic E-state index is -3.35. The van der Waals surface area contributed by atoms with Crippen LogP contribution in [0.1, 0.15) is 54.9 Å². The van der Waals surface area contributed by atoms with Gasteiger partial charge in [0.15, 0.2) is 0 Å². The molecule has 2 unspecified atom stereocenters. The van der Waals surface area contributed by atoms with Crippen LogP contribution in [0.2, 0.25) is 9.26 Å². The van der Waals surface area contributed by atoms with Gasteiger partial charge in [-0.25, -0.2) is 0 Å². The van der Waals surface area contributed by atoms with Gasteiger partial charge in [0.2, 0.25) is 0 Å². The first-order valence-electron chi connectivity index (χ1n) is 10.3. The van der Waals surface area contributed by atoms with Gasteiger partial charge in [-0.05, 0) is 0 Å². The smallest absolute Gasteiger partial charge is 0.147 e. The van der Waals surface area contributed by atoms with E-state index in [1.807, 2.05) is 9.54 Å². The standard InChI is InChI=1S/C14H11O.C9H13.2CH3.2ClH.H2Si.Zr/c1-10-8-11-4-2-3-5-13(11)14(10)12-6-7-15-9-12;1-6-5-7(2)9(4)8(6)3;;;;;;/h2-9H,1H3;6H,1-4H3;2*1H3;2*1H;1H2;. The van der Waals surface area contributed by atoms with Crippen molar-refractivity contribution < 1.29 is 21.8 Å². The third kappa shape index (κ3) is 3.54. The molecule has 1 heterocycles. The van der Waals surface area contributed by atoms with E-state index in [1.54, 1.807) is 23.0 Å². The van der Waals surface area contributed by atoms with Gasteiger partial charge in [-0.3, -0.25) is 0 Å². The van der Waals surface area contributed by atoms with Crippen LogP contribution < -0.4 is 0 Å². The van der Waals surface area contributed by atoms with Gasteiger partial charge >= 0.3 is 173 Å². The van der Waals surface area contributed by atoms with Crippen LogP contribution in [0.3, 0.4) is 0 Å². The van der Waals surface area contributed by atoms with Crippen LogP contribution in [-0.4, -0.2) is 6.88 Å². The third-order valence-electron chi connectivity index (χ3n) is 7.63. The maximum atomic E-state index is 5.47. The molecule has 0 spiro atoms. The van der Waals surface area contributed by atoms with E-state index in [-0.39, 0.29) is 24.8 Å². The average Bonchev–Trinajstić information content (AvgIpc) is 3.28. The SMILES string of the molecule is CC1=C(C)C(C)[C]([Zr]([CH3])([CH3])(=[SiH2])[CH]2C(C)=C(c3ccoc3)c3ccccc32)=C1C.Cl.Cl. The molecule has 0 fully saturated rings. The number of furan rings is 1. The van der Waals surface area contributed by atoms with Crippen molar-refractivity contribution in [3.63, 3.8) is 0 Å². The Morgan fingerprint density at radius 1 is 0.900 bits per heavy atom. The molecule has 0 bridgehead atoms. The van der Waals surface area contributed by atoms with Crippen molar-refractivity contribution in [1.29, 1.82) is 0 Å². The Morgan fingerprint density at radius 3 is 2.07 bits per heavy atom. The van der Waals surface area contributed by atoms with Gasteiger partial charge in [0.25, 0.3) is 0 Å². The van der Waals surface area contributed by atoms with E-state index >= 15 is 0 Å². The van der Waals surface area contributed by atoms with Crippen molar-refractivity contribution >= 4 is 37.3 Å². The number of benzene rings is 1. The molecule has 4 rings (SSSR count). The van der Waals surface area contributed by atoms with Crippen LogP contribution in [0.4, 0.5) is 0 Å². The van der Waals surface area contributed by atoms with Gasteiger partial charge in [0.05, 0.1) is 0 Å². The molecule has 5 heteroatoms. The fraction of sp³-hybridized carbons (Fsp3) is 0.360. The second-order valence-electron chi connectivity index (χ2n) is 9.97. The molecule has 0 saturated carbocycles. The van der Waals surface area contributed by atoms with Gasteiger partial charge < -0.3 is 0 Å². The van der Waals surface area contributed by atoms with E-state index in [2.05, 4.69) is 81.1 Å². The predicted octanol–water partition coefficient (Wildman–Crippen LogP) is 7.59. The molecule has 162 valence electrons. The Bertz CT molecular complexity index is 1150. The zero-order valence-corrected chi connectivity index (χ0v) is 24.6. The van der Waals surface area contributed by atoms with Crippen LogP contribution in [0.15, 0.2) is 72.8 Å². The minimum absolute atomic E-state index is 0. The fourth-order valence-corrected chi connectivity index (χ4v) is 28.0. The number of halogens is 2. The Kier molecular flexibility index (Phi) is 7.18. The molecular formula is C25H34Cl2OSiZr. The first kappa shape index (κ1) is 25.7. The summed E-state index contributed by atoms with van der Waals surface area (Å²) in [5.74, 6) is 0.580. The maximum Gasteiger partial charge on any atom is -0.147 e. The third-order valence-corrected chi connectivity index (χ3v) is 25.0. The molecule has 2 aromatic rings. The predicted molar refractivity (Wildman–Crippen MR) is 135 cm³/mol. The molecule has 1 aromatic carbocycles. The molecule has 0 aliphatic heterocycles. The van der Waals surface area contributed by atoms with Gasteiger partial charge in [0, 0.05) is 0 Å². The van der Waals surface area contributed by atoms with E-state index in [4.69, 9.17) is 4.42 Å². The average molecular weight is 541 g/mol. The molecule has 0 saturated heterocycles. The number of hydrogen-bond donors (Lipinski definition) is 0. The molecule has 1 aromatic heterocycles. The molecule has 2 atom stereocenters. The molecule has 0 amide bonds. The topological polar surface area (TPSA) is 13.1 Å². The van der Waals surface area contributed by atoms with Crippen molar-refractivity contribution in [1.82, 2.24) is 0 Å². The summed E-state index contributed by atoms with van der Waals surface area (Å²) in [5.41, 5.74) is 11.8. The number of hydrogen-bond acceptors (Lipinski definition) is 1. The summed E-state index contributed by atoms with van der Waals surface area (Å²) in [6, 6.07) is 11.2. The normalized spacial score (nSPS) is 21.6. The van der Waals surface area contributed by atoms with Gasteiger partial charge in [0.1, 0.15) is 0 Å². The number of fused-ring (bicyclic) bond motifs is 1. The molecule has 0 radical (unpaired) electrons. The van der Waals surface area contributed by atoms with Crippen molar-refractivity contribution in [2.45, 2.75) is 47.5 Å². The molecular weight excluding hydrogens is 506 g/mol.